The fraction of sp³-hybridized carbons (Fsp3) is 0.316. The second-order valence-corrected chi connectivity index (χ2v) is 7.53. The SMILES string of the molecule is Cl.O=C(O)CC1(Sc2ccc(Oc3ccccc3)cc2)CCNCC1. The molecule has 2 N–H and O–H groups in total. The van der Waals surface area contributed by atoms with Gasteiger partial charge in [-0.2, -0.15) is 0 Å². The molecule has 1 aliphatic heterocycles. The van der Waals surface area contributed by atoms with Crippen LogP contribution in [-0.4, -0.2) is 28.9 Å². The number of hydrogen-bond acceptors (Lipinski definition) is 4. The van der Waals surface area contributed by atoms with E-state index >= 15 is 0 Å². The summed E-state index contributed by atoms with van der Waals surface area (Å²) in [6.45, 7) is 1.74. The van der Waals surface area contributed by atoms with Crippen LogP contribution in [-0.2, 0) is 4.79 Å². The maximum absolute atomic E-state index is 11.3. The molecule has 134 valence electrons. The molecule has 2 aromatic carbocycles. The smallest absolute Gasteiger partial charge is 0.304 e. The quantitative estimate of drug-likeness (QED) is 0.768. The standard InChI is InChI=1S/C19H21NO3S.ClH/c21-18(22)14-19(10-12-20-13-11-19)24-17-8-6-16(7-9-17)23-15-4-2-1-3-5-15;/h1-9,20H,10-14H2,(H,21,22);1H. The van der Waals surface area contributed by atoms with Crippen molar-refractivity contribution in [2.75, 3.05) is 13.1 Å². The van der Waals surface area contributed by atoms with Crippen molar-refractivity contribution >= 4 is 30.1 Å². The molecule has 2 aromatic rings. The Morgan fingerprint density at radius 1 is 1.04 bits per heavy atom. The number of hydrogen-bond donors (Lipinski definition) is 2. The average molecular weight is 380 g/mol. The van der Waals surface area contributed by atoms with E-state index in [0.717, 1.165) is 42.3 Å². The van der Waals surface area contributed by atoms with E-state index in [2.05, 4.69) is 5.32 Å². The molecule has 0 unspecified atom stereocenters. The third-order valence-electron chi connectivity index (χ3n) is 4.13. The minimum absolute atomic E-state index is 0. The van der Waals surface area contributed by atoms with Gasteiger partial charge in [-0.15, -0.1) is 24.2 Å². The summed E-state index contributed by atoms with van der Waals surface area (Å²) in [5, 5.41) is 12.6. The maximum atomic E-state index is 11.3. The van der Waals surface area contributed by atoms with Gasteiger partial charge in [-0.3, -0.25) is 4.79 Å². The van der Waals surface area contributed by atoms with Crippen molar-refractivity contribution in [1.29, 1.82) is 0 Å². The van der Waals surface area contributed by atoms with Crippen LogP contribution in [0.1, 0.15) is 19.3 Å². The van der Waals surface area contributed by atoms with Gasteiger partial charge in [0, 0.05) is 9.64 Å². The van der Waals surface area contributed by atoms with Gasteiger partial charge in [0.2, 0.25) is 0 Å². The first-order chi connectivity index (χ1) is 11.7. The highest BCUT2D eigenvalue weighted by atomic mass is 35.5. The number of rotatable bonds is 6. The molecule has 1 fully saturated rings. The van der Waals surface area contributed by atoms with Gasteiger partial charge < -0.3 is 15.2 Å². The van der Waals surface area contributed by atoms with Crippen LogP contribution in [0.4, 0.5) is 0 Å². The Kier molecular flexibility index (Phi) is 7.17. The third kappa shape index (κ3) is 5.66. The Morgan fingerprint density at radius 3 is 2.24 bits per heavy atom. The molecule has 1 saturated heterocycles. The van der Waals surface area contributed by atoms with Gasteiger partial charge in [0.15, 0.2) is 0 Å². The normalized spacial score (nSPS) is 15.8. The van der Waals surface area contributed by atoms with Gasteiger partial charge in [0.1, 0.15) is 11.5 Å². The predicted molar refractivity (Wildman–Crippen MR) is 103 cm³/mol. The number of para-hydroxylation sites is 1. The fourth-order valence-electron chi connectivity index (χ4n) is 2.92. The lowest BCUT2D eigenvalue weighted by atomic mass is 9.93. The Labute approximate surface area is 158 Å². The number of carbonyl (C=O) groups is 1. The van der Waals surface area contributed by atoms with Crippen LogP contribution < -0.4 is 10.1 Å². The van der Waals surface area contributed by atoms with Crippen molar-refractivity contribution < 1.29 is 14.6 Å². The maximum Gasteiger partial charge on any atom is 0.304 e. The molecule has 25 heavy (non-hydrogen) atoms. The van der Waals surface area contributed by atoms with Gasteiger partial charge in [-0.05, 0) is 62.3 Å². The van der Waals surface area contributed by atoms with Crippen LogP contribution in [0, 0.1) is 0 Å². The van der Waals surface area contributed by atoms with Crippen LogP contribution in [0.2, 0.25) is 0 Å². The van der Waals surface area contributed by atoms with E-state index in [1.165, 1.54) is 0 Å². The summed E-state index contributed by atoms with van der Waals surface area (Å²) in [4.78, 5) is 12.3. The van der Waals surface area contributed by atoms with Gasteiger partial charge in [-0.1, -0.05) is 18.2 Å². The molecular formula is C19H22ClNO3S. The molecule has 0 amide bonds. The number of halogens is 1. The molecule has 1 aliphatic rings. The summed E-state index contributed by atoms with van der Waals surface area (Å²) in [6, 6.07) is 17.5. The van der Waals surface area contributed by atoms with Crippen LogP contribution in [0.25, 0.3) is 0 Å². The zero-order valence-electron chi connectivity index (χ0n) is 13.8. The number of carboxylic acids is 1. The van der Waals surface area contributed by atoms with Crippen molar-refractivity contribution in [3.05, 3.63) is 54.6 Å². The second kappa shape index (κ2) is 9.13. The zero-order valence-corrected chi connectivity index (χ0v) is 15.4. The first-order valence-corrected chi connectivity index (χ1v) is 8.91. The Hall–Kier alpha value is -1.69. The molecule has 3 rings (SSSR count). The summed E-state index contributed by atoms with van der Waals surface area (Å²) in [6.07, 6.45) is 1.93. The third-order valence-corrected chi connectivity index (χ3v) is 5.62. The van der Waals surface area contributed by atoms with E-state index < -0.39 is 5.97 Å². The van der Waals surface area contributed by atoms with Gasteiger partial charge in [0.25, 0.3) is 0 Å². The summed E-state index contributed by atoms with van der Waals surface area (Å²) in [5.41, 5.74) is 0. The number of piperidine rings is 1. The lowest BCUT2D eigenvalue weighted by molar-refractivity contribution is -0.137. The summed E-state index contributed by atoms with van der Waals surface area (Å²) in [7, 11) is 0. The van der Waals surface area contributed by atoms with Crippen molar-refractivity contribution in [2.24, 2.45) is 0 Å². The Bertz CT molecular complexity index is 673. The molecule has 0 bridgehead atoms. The minimum Gasteiger partial charge on any atom is -0.481 e. The first kappa shape index (κ1) is 19.6. The van der Waals surface area contributed by atoms with E-state index in [-0.39, 0.29) is 23.6 Å². The lowest BCUT2D eigenvalue weighted by Gasteiger charge is -2.35. The molecule has 0 aliphatic carbocycles. The van der Waals surface area contributed by atoms with Crippen LogP contribution >= 0.6 is 24.2 Å². The first-order valence-electron chi connectivity index (χ1n) is 8.10. The van der Waals surface area contributed by atoms with Crippen LogP contribution in [0.3, 0.4) is 0 Å². The summed E-state index contributed by atoms with van der Waals surface area (Å²) >= 11 is 1.68. The van der Waals surface area contributed by atoms with Crippen molar-refractivity contribution in [1.82, 2.24) is 5.32 Å². The molecule has 0 spiro atoms. The molecule has 6 heteroatoms. The summed E-state index contributed by atoms with van der Waals surface area (Å²) in [5.74, 6) is 0.857. The molecule has 0 atom stereocenters. The molecule has 0 aromatic heterocycles. The van der Waals surface area contributed by atoms with Gasteiger partial charge >= 0.3 is 5.97 Å². The van der Waals surface area contributed by atoms with Crippen molar-refractivity contribution in [3.63, 3.8) is 0 Å². The van der Waals surface area contributed by atoms with Crippen LogP contribution in [0.5, 0.6) is 11.5 Å². The van der Waals surface area contributed by atoms with Crippen LogP contribution in [0.15, 0.2) is 59.5 Å². The highest BCUT2D eigenvalue weighted by molar-refractivity contribution is 8.00. The van der Waals surface area contributed by atoms with E-state index in [1.54, 1.807) is 11.8 Å². The van der Waals surface area contributed by atoms with E-state index in [0.29, 0.717) is 0 Å². The Balaban J connectivity index is 0.00000225. The highest BCUT2D eigenvalue weighted by Crippen LogP contribution is 2.42. The lowest BCUT2D eigenvalue weighted by Crippen LogP contribution is -2.41. The van der Waals surface area contributed by atoms with Gasteiger partial charge in [0.05, 0.1) is 6.42 Å². The highest BCUT2D eigenvalue weighted by Gasteiger charge is 2.35. The molecule has 0 saturated carbocycles. The monoisotopic (exact) mass is 379 g/mol. The van der Waals surface area contributed by atoms with E-state index in [1.807, 2.05) is 54.6 Å². The Morgan fingerprint density at radius 2 is 1.64 bits per heavy atom. The number of thioether (sulfide) groups is 1. The van der Waals surface area contributed by atoms with Crippen molar-refractivity contribution in [3.8, 4) is 11.5 Å². The molecule has 4 nitrogen and oxygen atoms in total. The van der Waals surface area contributed by atoms with Gasteiger partial charge in [-0.25, -0.2) is 0 Å². The number of ether oxygens (including phenoxy) is 1. The molecule has 0 radical (unpaired) electrons. The molecule has 1 heterocycles. The number of nitrogens with one attached hydrogen (secondary N) is 1. The summed E-state index contributed by atoms with van der Waals surface area (Å²) < 4.78 is 5.58. The second-order valence-electron chi connectivity index (χ2n) is 5.99. The number of aliphatic carboxylic acids is 1. The number of carboxylic acid groups (broad SMARTS) is 1. The molecular weight excluding hydrogens is 358 g/mol. The predicted octanol–water partition coefficient (Wildman–Crippen LogP) is 4.59. The zero-order chi connectivity index (χ0) is 16.8. The van der Waals surface area contributed by atoms with E-state index in [9.17, 15) is 9.90 Å². The van der Waals surface area contributed by atoms with E-state index in [4.69, 9.17) is 4.74 Å². The van der Waals surface area contributed by atoms with Crippen molar-refractivity contribution in [2.45, 2.75) is 28.9 Å². The average Bonchev–Trinajstić information content (AvgIpc) is 2.58. The topological polar surface area (TPSA) is 58.6 Å². The largest absolute Gasteiger partial charge is 0.481 e. The number of benzene rings is 2. The fourth-order valence-corrected chi connectivity index (χ4v) is 4.30. The minimum atomic E-state index is -0.728.